The Bertz CT molecular complexity index is 373. The molecular weight excluding hydrogens is 277 g/mol. The summed E-state index contributed by atoms with van der Waals surface area (Å²) in [4.78, 5) is 11.8. The molecule has 1 N–H and O–H groups in total. The highest BCUT2D eigenvalue weighted by atomic mass is 79.9. The zero-order valence-electron chi connectivity index (χ0n) is 8.09. The van der Waals surface area contributed by atoms with Crippen LogP contribution in [0.3, 0.4) is 0 Å². The number of alkyl halides is 1. The van der Waals surface area contributed by atoms with Crippen LogP contribution in [0.5, 0.6) is 0 Å². The average Bonchev–Trinajstić information content (AvgIpc) is 2.18. The molecule has 4 heteroatoms. The van der Waals surface area contributed by atoms with Crippen LogP contribution in [-0.4, -0.2) is 10.2 Å². The smallest absolute Gasteiger partial charge is 0.241 e. The Hall–Kier alpha value is -0.540. The van der Waals surface area contributed by atoms with Crippen molar-refractivity contribution in [1.82, 2.24) is 0 Å². The molecule has 1 aromatic carbocycles. The van der Waals surface area contributed by atoms with E-state index >= 15 is 0 Å². The first kappa shape index (κ1) is 11.0. The molecular formula is C11H11BrClNO. The van der Waals surface area contributed by atoms with Gasteiger partial charge in [0.1, 0.15) is 4.32 Å². The van der Waals surface area contributed by atoms with Gasteiger partial charge in [-0.2, -0.15) is 0 Å². The van der Waals surface area contributed by atoms with Crippen LogP contribution in [0.1, 0.15) is 19.3 Å². The first-order valence-electron chi connectivity index (χ1n) is 4.86. The summed E-state index contributed by atoms with van der Waals surface area (Å²) in [5.41, 5.74) is 0.787. The van der Waals surface area contributed by atoms with E-state index in [0.29, 0.717) is 5.02 Å². The van der Waals surface area contributed by atoms with E-state index in [4.69, 9.17) is 11.6 Å². The van der Waals surface area contributed by atoms with Gasteiger partial charge in [0.2, 0.25) is 5.91 Å². The molecule has 2 rings (SSSR count). The molecule has 0 aromatic heterocycles. The maximum atomic E-state index is 11.8. The lowest BCUT2D eigenvalue weighted by molar-refractivity contribution is -0.120. The maximum absolute atomic E-state index is 11.8. The third-order valence-corrected chi connectivity index (χ3v) is 4.06. The Labute approximate surface area is 102 Å². The Morgan fingerprint density at radius 2 is 1.93 bits per heavy atom. The van der Waals surface area contributed by atoms with Gasteiger partial charge in [0.05, 0.1) is 0 Å². The fourth-order valence-electron chi connectivity index (χ4n) is 1.49. The third-order valence-electron chi connectivity index (χ3n) is 2.66. The number of halogens is 2. The summed E-state index contributed by atoms with van der Waals surface area (Å²) in [6, 6.07) is 7.13. The standard InChI is InChI=1S/C11H11BrClNO/c12-11(6-1-7-11)10(15)14-9-4-2-8(13)3-5-9/h2-5H,1,6-7H2,(H,14,15). The maximum Gasteiger partial charge on any atom is 0.241 e. The molecule has 0 aliphatic heterocycles. The Morgan fingerprint density at radius 3 is 2.40 bits per heavy atom. The fraction of sp³-hybridized carbons (Fsp3) is 0.364. The second kappa shape index (κ2) is 4.14. The molecule has 1 fully saturated rings. The molecule has 0 heterocycles. The van der Waals surface area contributed by atoms with E-state index < -0.39 is 0 Å². The molecule has 15 heavy (non-hydrogen) atoms. The lowest BCUT2D eigenvalue weighted by atomic mass is 9.84. The minimum atomic E-state index is -0.341. The van der Waals surface area contributed by atoms with Crippen molar-refractivity contribution in [2.24, 2.45) is 0 Å². The lowest BCUT2D eigenvalue weighted by Crippen LogP contribution is -2.43. The van der Waals surface area contributed by atoms with Crippen molar-refractivity contribution in [2.45, 2.75) is 23.6 Å². The van der Waals surface area contributed by atoms with E-state index in [9.17, 15) is 4.79 Å². The van der Waals surface area contributed by atoms with Crippen molar-refractivity contribution in [3.05, 3.63) is 29.3 Å². The fourth-order valence-corrected chi connectivity index (χ4v) is 2.28. The van der Waals surface area contributed by atoms with Crippen molar-refractivity contribution in [2.75, 3.05) is 5.32 Å². The number of benzene rings is 1. The van der Waals surface area contributed by atoms with Crippen LogP contribution >= 0.6 is 27.5 Å². The molecule has 1 saturated carbocycles. The number of carbonyl (C=O) groups is 1. The zero-order valence-corrected chi connectivity index (χ0v) is 10.4. The van der Waals surface area contributed by atoms with Gasteiger partial charge in [-0.3, -0.25) is 4.79 Å². The Kier molecular flexibility index (Phi) is 3.03. The lowest BCUT2D eigenvalue weighted by Gasteiger charge is -2.34. The van der Waals surface area contributed by atoms with Crippen LogP contribution in [0.4, 0.5) is 5.69 Å². The predicted octanol–water partition coefficient (Wildman–Crippen LogP) is 3.60. The van der Waals surface area contributed by atoms with Gasteiger partial charge >= 0.3 is 0 Å². The van der Waals surface area contributed by atoms with E-state index in [1.54, 1.807) is 24.3 Å². The topological polar surface area (TPSA) is 29.1 Å². The zero-order chi connectivity index (χ0) is 10.9. The molecule has 0 bridgehead atoms. The quantitative estimate of drug-likeness (QED) is 0.828. The summed E-state index contributed by atoms with van der Waals surface area (Å²) in [5.74, 6) is 0.0380. The third kappa shape index (κ3) is 2.34. The van der Waals surface area contributed by atoms with Crippen molar-refractivity contribution >= 4 is 39.1 Å². The summed E-state index contributed by atoms with van der Waals surface area (Å²) >= 11 is 9.22. The molecule has 2 nitrogen and oxygen atoms in total. The highest BCUT2D eigenvalue weighted by molar-refractivity contribution is 9.10. The van der Waals surface area contributed by atoms with Crippen molar-refractivity contribution in [3.8, 4) is 0 Å². The van der Waals surface area contributed by atoms with Crippen LogP contribution in [0.2, 0.25) is 5.02 Å². The number of hydrogen-bond acceptors (Lipinski definition) is 1. The largest absolute Gasteiger partial charge is 0.325 e. The van der Waals surface area contributed by atoms with Crippen molar-refractivity contribution in [3.63, 3.8) is 0 Å². The molecule has 0 spiro atoms. The average molecular weight is 289 g/mol. The van der Waals surface area contributed by atoms with E-state index in [0.717, 1.165) is 24.9 Å². The van der Waals surface area contributed by atoms with E-state index in [1.165, 1.54) is 0 Å². The molecule has 0 unspecified atom stereocenters. The van der Waals surface area contributed by atoms with Gasteiger partial charge in [-0.1, -0.05) is 27.5 Å². The summed E-state index contributed by atoms with van der Waals surface area (Å²) in [5, 5.41) is 3.54. The molecule has 0 saturated heterocycles. The summed E-state index contributed by atoms with van der Waals surface area (Å²) in [6.45, 7) is 0. The molecule has 0 radical (unpaired) electrons. The second-order valence-corrected chi connectivity index (χ2v) is 5.73. The molecule has 1 aliphatic rings. The highest BCUT2D eigenvalue weighted by Crippen LogP contribution is 2.40. The van der Waals surface area contributed by atoms with E-state index in [2.05, 4.69) is 21.2 Å². The minimum Gasteiger partial charge on any atom is -0.325 e. The summed E-state index contributed by atoms with van der Waals surface area (Å²) in [6.07, 6.45) is 2.93. The summed E-state index contributed by atoms with van der Waals surface area (Å²) < 4.78 is -0.341. The summed E-state index contributed by atoms with van der Waals surface area (Å²) in [7, 11) is 0. The monoisotopic (exact) mass is 287 g/mol. The number of nitrogens with one attached hydrogen (secondary N) is 1. The second-order valence-electron chi connectivity index (χ2n) is 3.78. The minimum absolute atomic E-state index is 0.0380. The van der Waals surface area contributed by atoms with Crippen molar-refractivity contribution < 1.29 is 4.79 Å². The van der Waals surface area contributed by atoms with Gasteiger partial charge in [0.15, 0.2) is 0 Å². The predicted molar refractivity (Wildman–Crippen MR) is 65.6 cm³/mol. The Morgan fingerprint density at radius 1 is 1.33 bits per heavy atom. The van der Waals surface area contributed by atoms with E-state index in [1.807, 2.05) is 0 Å². The molecule has 1 aliphatic carbocycles. The normalized spacial score (nSPS) is 18.0. The molecule has 1 aromatic rings. The van der Waals surface area contributed by atoms with Crippen LogP contribution in [0.15, 0.2) is 24.3 Å². The van der Waals surface area contributed by atoms with Gasteiger partial charge < -0.3 is 5.32 Å². The first-order chi connectivity index (χ1) is 7.10. The van der Waals surface area contributed by atoms with Gasteiger partial charge in [0, 0.05) is 10.7 Å². The molecule has 1 amide bonds. The molecule has 0 atom stereocenters. The first-order valence-corrected chi connectivity index (χ1v) is 6.03. The number of hydrogen-bond donors (Lipinski definition) is 1. The number of carbonyl (C=O) groups excluding carboxylic acids is 1. The number of amides is 1. The van der Waals surface area contributed by atoms with Gasteiger partial charge in [-0.25, -0.2) is 0 Å². The van der Waals surface area contributed by atoms with Crippen LogP contribution < -0.4 is 5.32 Å². The number of rotatable bonds is 2. The van der Waals surface area contributed by atoms with Gasteiger partial charge in [-0.05, 0) is 43.5 Å². The SMILES string of the molecule is O=C(Nc1ccc(Cl)cc1)C1(Br)CCC1. The number of anilines is 1. The van der Waals surface area contributed by atoms with Crippen molar-refractivity contribution in [1.29, 1.82) is 0 Å². The van der Waals surface area contributed by atoms with E-state index in [-0.39, 0.29) is 10.2 Å². The molecule has 80 valence electrons. The van der Waals surface area contributed by atoms with Crippen LogP contribution in [0.25, 0.3) is 0 Å². The van der Waals surface area contributed by atoms with Gasteiger partial charge in [0.25, 0.3) is 0 Å². The van der Waals surface area contributed by atoms with Crippen LogP contribution in [0, 0.1) is 0 Å². The van der Waals surface area contributed by atoms with Gasteiger partial charge in [-0.15, -0.1) is 0 Å². The van der Waals surface area contributed by atoms with Crippen LogP contribution in [-0.2, 0) is 4.79 Å². The highest BCUT2D eigenvalue weighted by Gasteiger charge is 2.41. The Balaban J connectivity index is 2.02.